The fraction of sp³-hybridized carbons (Fsp3) is 0.923. The van der Waals surface area contributed by atoms with Crippen molar-refractivity contribution < 1.29 is 9.53 Å². The number of carbonyl (C=O) groups excluding carboxylic acids is 1. The maximum atomic E-state index is 12.2. The van der Waals surface area contributed by atoms with Crippen LogP contribution >= 0.6 is 0 Å². The second-order valence-corrected chi connectivity index (χ2v) is 5.81. The number of carbonyl (C=O) groups is 1. The minimum absolute atomic E-state index is 0.0393. The van der Waals surface area contributed by atoms with Crippen molar-refractivity contribution in [2.24, 2.45) is 5.41 Å². The fourth-order valence-corrected chi connectivity index (χ4v) is 3.15. The molecule has 0 aromatic rings. The number of methoxy groups -OCH3 is 1. The molecule has 4 nitrogen and oxygen atoms in total. The third kappa shape index (κ3) is 1.97. The first kappa shape index (κ1) is 12.8. The number of hydrogen-bond acceptors (Lipinski definition) is 3. The molecule has 4 heteroatoms. The van der Waals surface area contributed by atoms with Gasteiger partial charge in [0.05, 0.1) is 18.8 Å². The number of hydrogen-bond donors (Lipinski definition) is 1. The molecule has 2 rings (SSSR count). The van der Waals surface area contributed by atoms with Crippen LogP contribution in [0.15, 0.2) is 0 Å². The molecule has 3 unspecified atom stereocenters. The van der Waals surface area contributed by atoms with E-state index in [1.54, 1.807) is 7.11 Å². The molecule has 0 spiro atoms. The summed E-state index contributed by atoms with van der Waals surface area (Å²) in [7, 11) is 1.76. The lowest BCUT2D eigenvalue weighted by Crippen LogP contribution is -2.62. The van der Waals surface area contributed by atoms with Crippen LogP contribution in [0, 0.1) is 5.41 Å². The molecule has 2 fully saturated rings. The van der Waals surface area contributed by atoms with Gasteiger partial charge in [-0.1, -0.05) is 27.2 Å². The molecule has 1 saturated heterocycles. The highest BCUT2D eigenvalue weighted by Gasteiger charge is 2.54. The molecule has 1 amide bonds. The highest BCUT2D eigenvalue weighted by molar-refractivity contribution is 5.84. The molecule has 2 aliphatic rings. The molecule has 1 saturated carbocycles. The van der Waals surface area contributed by atoms with Gasteiger partial charge in [-0.3, -0.25) is 10.1 Å². The lowest BCUT2D eigenvalue weighted by molar-refractivity contribution is -0.157. The Morgan fingerprint density at radius 3 is 2.76 bits per heavy atom. The first-order chi connectivity index (χ1) is 8.02. The van der Waals surface area contributed by atoms with E-state index >= 15 is 0 Å². The zero-order valence-corrected chi connectivity index (χ0v) is 11.3. The van der Waals surface area contributed by atoms with Crippen molar-refractivity contribution in [2.75, 3.05) is 13.8 Å². The molecular formula is C13H24N2O2. The predicted octanol–water partition coefficient (Wildman–Crippen LogP) is 1.36. The van der Waals surface area contributed by atoms with Crippen LogP contribution in [-0.2, 0) is 9.53 Å². The average Bonchev–Trinajstić information content (AvgIpc) is 2.62. The minimum Gasteiger partial charge on any atom is -0.381 e. The SMILES string of the molecule is CCCC1NCN(C2CC(OC)C2(C)C)C1=O. The third-order valence-corrected chi connectivity index (χ3v) is 4.45. The Labute approximate surface area is 104 Å². The Hall–Kier alpha value is -0.610. The van der Waals surface area contributed by atoms with Crippen molar-refractivity contribution in [3.8, 4) is 0 Å². The topological polar surface area (TPSA) is 41.6 Å². The van der Waals surface area contributed by atoms with Crippen LogP contribution in [0.3, 0.4) is 0 Å². The summed E-state index contributed by atoms with van der Waals surface area (Å²) in [6.45, 7) is 7.20. The van der Waals surface area contributed by atoms with Gasteiger partial charge in [0.2, 0.25) is 5.91 Å². The predicted molar refractivity (Wildman–Crippen MR) is 66.5 cm³/mol. The van der Waals surface area contributed by atoms with E-state index < -0.39 is 0 Å². The van der Waals surface area contributed by atoms with Gasteiger partial charge >= 0.3 is 0 Å². The number of nitrogens with zero attached hydrogens (tertiary/aromatic N) is 1. The lowest BCUT2D eigenvalue weighted by Gasteiger charge is -2.54. The van der Waals surface area contributed by atoms with Crippen molar-refractivity contribution in [3.05, 3.63) is 0 Å². The Balaban J connectivity index is 1.99. The number of nitrogens with one attached hydrogen (secondary N) is 1. The van der Waals surface area contributed by atoms with Gasteiger partial charge in [-0.25, -0.2) is 0 Å². The summed E-state index contributed by atoms with van der Waals surface area (Å²) < 4.78 is 5.44. The monoisotopic (exact) mass is 240 g/mol. The van der Waals surface area contributed by atoms with E-state index in [2.05, 4.69) is 26.1 Å². The highest BCUT2D eigenvalue weighted by atomic mass is 16.5. The van der Waals surface area contributed by atoms with Gasteiger partial charge in [-0.15, -0.1) is 0 Å². The standard InChI is InChI=1S/C13H24N2O2/c1-5-6-9-12(16)15(8-14-9)10-7-11(17-4)13(10,2)3/h9-11,14H,5-8H2,1-4H3. The van der Waals surface area contributed by atoms with Crippen molar-refractivity contribution in [1.29, 1.82) is 0 Å². The Bertz CT molecular complexity index is 304. The van der Waals surface area contributed by atoms with E-state index in [1.165, 1.54) is 0 Å². The van der Waals surface area contributed by atoms with Gasteiger partial charge in [0.25, 0.3) is 0 Å². The zero-order chi connectivity index (χ0) is 12.6. The van der Waals surface area contributed by atoms with Crippen LogP contribution in [0.4, 0.5) is 0 Å². The molecule has 3 atom stereocenters. The van der Waals surface area contributed by atoms with Gasteiger partial charge in [0, 0.05) is 18.6 Å². The molecule has 0 radical (unpaired) electrons. The molecule has 1 aliphatic heterocycles. The van der Waals surface area contributed by atoms with Crippen LogP contribution in [0.2, 0.25) is 0 Å². The molecule has 0 aromatic carbocycles. The molecule has 1 aliphatic carbocycles. The molecule has 1 heterocycles. The number of amides is 1. The van der Waals surface area contributed by atoms with Crippen LogP contribution in [0.25, 0.3) is 0 Å². The van der Waals surface area contributed by atoms with Crippen molar-refractivity contribution in [1.82, 2.24) is 10.2 Å². The lowest BCUT2D eigenvalue weighted by atomic mass is 9.64. The van der Waals surface area contributed by atoms with Gasteiger partial charge in [0.1, 0.15) is 0 Å². The van der Waals surface area contributed by atoms with Crippen molar-refractivity contribution in [2.45, 2.75) is 58.2 Å². The summed E-state index contributed by atoms with van der Waals surface area (Å²) in [6.07, 6.45) is 3.24. The summed E-state index contributed by atoms with van der Waals surface area (Å²) in [4.78, 5) is 14.2. The maximum absolute atomic E-state index is 12.2. The number of ether oxygens (including phenoxy) is 1. The molecule has 1 N–H and O–H groups in total. The van der Waals surface area contributed by atoms with Gasteiger partial charge < -0.3 is 9.64 Å². The summed E-state index contributed by atoms with van der Waals surface area (Å²) in [5.74, 6) is 0.277. The summed E-state index contributed by atoms with van der Waals surface area (Å²) in [6, 6.07) is 0.367. The Morgan fingerprint density at radius 1 is 1.53 bits per heavy atom. The maximum Gasteiger partial charge on any atom is 0.241 e. The summed E-state index contributed by atoms with van der Waals surface area (Å²) in [5.41, 5.74) is 0.0766. The smallest absolute Gasteiger partial charge is 0.241 e. The fourth-order valence-electron chi connectivity index (χ4n) is 3.15. The molecule has 0 bridgehead atoms. The first-order valence-electron chi connectivity index (χ1n) is 6.59. The average molecular weight is 240 g/mol. The quantitative estimate of drug-likeness (QED) is 0.806. The summed E-state index contributed by atoms with van der Waals surface area (Å²) in [5, 5.41) is 3.31. The Kier molecular flexibility index (Phi) is 3.46. The molecular weight excluding hydrogens is 216 g/mol. The second kappa shape index (κ2) is 4.58. The second-order valence-electron chi connectivity index (χ2n) is 5.81. The van der Waals surface area contributed by atoms with Crippen molar-refractivity contribution >= 4 is 5.91 Å². The van der Waals surface area contributed by atoms with Crippen LogP contribution in [-0.4, -0.2) is 42.8 Å². The van der Waals surface area contributed by atoms with E-state index in [0.29, 0.717) is 12.7 Å². The normalized spacial score (nSPS) is 36.1. The van der Waals surface area contributed by atoms with E-state index in [9.17, 15) is 4.79 Å². The first-order valence-corrected chi connectivity index (χ1v) is 6.59. The van der Waals surface area contributed by atoms with E-state index in [4.69, 9.17) is 4.74 Å². The van der Waals surface area contributed by atoms with Crippen LogP contribution in [0.1, 0.15) is 40.0 Å². The molecule has 0 aromatic heterocycles. The summed E-state index contributed by atoms with van der Waals surface area (Å²) >= 11 is 0. The van der Waals surface area contributed by atoms with E-state index in [1.807, 2.05) is 4.90 Å². The number of rotatable bonds is 4. The zero-order valence-electron chi connectivity index (χ0n) is 11.3. The van der Waals surface area contributed by atoms with Gasteiger partial charge in [0.15, 0.2) is 0 Å². The largest absolute Gasteiger partial charge is 0.381 e. The molecule has 98 valence electrons. The minimum atomic E-state index is 0.0393. The van der Waals surface area contributed by atoms with E-state index in [-0.39, 0.29) is 23.5 Å². The molecule has 17 heavy (non-hydrogen) atoms. The van der Waals surface area contributed by atoms with Crippen LogP contribution in [0.5, 0.6) is 0 Å². The van der Waals surface area contributed by atoms with Gasteiger partial charge in [-0.05, 0) is 12.8 Å². The Morgan fingerprint density at radius 2 is 2.24 bits per heavy atom. The third-order valence-electron chi connectivity index (χ3n) is 4.45. The van der Waals surface area contributed by atoms with Gasteiger partial charge in [-0.2, -0.15) is 0 Å². The van der Waals surface area contributed by atoms with Crippen LogP contribution < -0.4 is 5.32 Å². The highest BCUT2D eigenvalue weighted by Crippen LogP contribution is 2.46. The van der Waals surface area contributed by atoms with E-state index in [0.717, 1.165) is 19.3 Å². The van der Waals surface area contributed by atoms with Crippen molar-refractivity contribution in [3.63, 3.8) is 0 Å².